The highest BCUT2D eigenvalue weighted by atomic mass is 79.9. The van der Waals surface area contributed by atoms with E-state index in [2.05, 4.69) is 36.4 Å². The first-order valence-electron chi connectivity index (χ1n) is 4.81. The van der Waals surface area contributed by atoms with E-state index in [1.165, 1.54) is 6.20 Å². The lowest BCUT2D eigenvalue weighted by atomic mass is 10.2. The van der Waals surface area contributed by atoms with E-state index in [0.29, 0.717) is 14.9 Å². The van der Waals surface area contributed by atoms with Gasteiger partial charge < -0.3 is 0 Å². The zero-order valence-corrected chi connectivity index (χ0v) is 11.3. The standard InChI is InChI=1S/C10H7BrN4O2S/c11-7-4-2-1-3-6(7)9(16)13-14-10(17)8-5-12-15-18-8/h1-5H,(H,13,16)(H,14,17). The summed E-state index contributed by atoms with van der Waals surface area (Å²) in [4.78, 5) is 23.6. The molecule has 0 bridgehead atoms. The van der Waals surface area contributed by atoms with Crippen molar-refractivity contribution in [2.75, 3.05) is 0 Å². The van der Waals surface area contributed by atoms with Crippen molar-refractivity contribution in [3.63, 3.8) is 0 Å². The van der Waals surface area contributed by atoms with Gasteiger partial charge in [0.2, 0.25) is 0 Å². The molecule has 1 heterocycles. The molecule has 0 atom stereocenters. The van der Waals surface area contributed by atoms with Gasteiger partial charge in [-0.05, 0) is 39.6 Å². The van der Waals surface area contributed by atoms with Crippen LogP contribution in [0.2, 0.25) is 0 Å². The Balaban J connectivity index is 1.97. The maximum Gasteiger partial charge on any atom is 0.283 e. The lowest BCUT2D eigenvalue weighted by molar-refractivity contribution is 0.0848. The van der Waals surface area contributed by atoms with E-state index in [1.54, 1.807) is 24.3 Å². The summed E-state index contributed by atoms with van der Waals surface area (Å²) in [6, 6.07) is 6.90. The SMILES string of the molecule is O=C(NNC(=O)c1ccccc1Br)c1cnns1. The van der Waals surface area contributed by atoms with Crippen LogP contribution in [0.25, 0.3) is 0 Å². The average Bonchev–Trinajstić information content (AvgIpc) is 2.90. The molecule has 18 heavy (non-hydrogen) atoms. The number of amides is 2. The van der Waals surface area contributed by atoms with Crippen molar-refractivity contribution in [3.05, 3.63) is 45.4 Å². The summed E-state index contributed by atoms with van der Waals surface area (Å²) in [5, 5.41) is 3.53. The molecule has 2 amide bonds. The normalized spacial score (nSPS) is 9.83. The highest BCUT2D eigenvalue weighted by Crippen LogP contribution is 2.15. The molecule has 0 radical (unpaired) electrons. The van der Waals surface area contributed by atoms with Crippen molar-refractivity contribution in [2.45, 2.75) is 0 Å². The van der Waals surface area contributed by atoms with Gasteiger partial charge in [0, 0.05) is 4.47 Å². The van der Waals surface area contributed by atoms with Gasteiger partial charge in [0.05, 0.1) is 11.8 Å². The van der Waals surface area contributed by atoms with Gasteiger partial charge in [-0.2, -0.15) is 0 Å². The highest BCUT2D eigenvalue weighted by Gasteiger charge is 2.12. The van der Waals surface area contributed by atoms with Gasteiger partial charge in [-0.3, -0.25) is 20.4 Å². The molecule has 2 N–H and O–H groups in total. The number of nitrogens with one attached hydrogen (secondary N) is 2. The first-order valence-corrected chi connectivity index (χ1v) is 6.37. The van der Waals surface area contributed by atoms with Crippen LogP contribution in [0.4, 0.5) is 0 Å². The second kappa shape index (κ2) is 5.69. The van der Waals surface area contributed by atoms with Gasteiger partial charge >= 0.3 is 0 Å². The molecule has 0 spiro atoms. The van der Waals surface area contributed by atoms with Crippen LogP contribution in [0.5, 0.6) is 0 Å². The molecule has 0 saturated heterocycles. The molecule has 0 aliphatic carbocycles. The fraction of sp³-hybridized carbons (Fsp3) is 0. The molecule has 0 aliphatic rings. The molecular formula is C10H7BrN4O2S. The number of hydrogen-bond acceptors (Lipinski definition) is 5. The lowest BCUT2D eigenvalue weighted by Gasteiger charge is -2.06. The van der Waals surface area contributed by atoms with Crippen LogP contribution in [0.15, 0.2) is 34.9 Å². The van der Waals surface area contributed by atoms with E-state index in [4.69, 9.17) is 0 Å². The topological polar surface area (TPSA) is 84.0 Å². The molecular weight excluding hydrogens is 320 g/mol. The minimum atomic E-state index is -0.453. The van der Waals surface area contributed by atoms with Crippen molar-refractivity contribution in [2.24, 2.45) is 0 Å². The van der Waals surface area contributed by atoms with E-state index >= 15 is 0 Å². The van der Waals surface area contributed by atoms with Crippen LogP contribution in [0, 0.1) is 0 Å². The third-order valence-electron chi connectivity index (χ3n) is 1.99. The summed E-state index contributed by atoms with van der Waals surface area (Å²) in [7, 11) is 0. The Kier molecular flexibility index (Phi) is 4.00. The van der Waals surface area contributed by atoms with E-state index in [1.807, 2.05) is 0 Å². The number of halogens is 1. The van der Waals surface area contributed by atoms with Crippen LogP contribution < -0.4 is 10.9 Å². The molecule has 1 aromatic heterocycles. The monoisotopic (exact) mass is 326 g/mol. The summed E-state index contributed by atoms with van der Waals surface area (Å²) in [6.07, 6.45) is 1.32. The van der Waals surface area contributed by atoms with E-state index in [9.17, 15) is 9.59 Å². The summed E-state index contributed by atoms with van der Waals surface area (Å²) in [5.41, 5.74) is 5.02. The first kappa shape index (κ1) is 12.7. The molecule has 1 aromatic carbocycles. The Morgan fingerprint density at radius 2 is 1.89 bits per heavy atom. The summed E-state index contributed by atoms with van der Waals surface area (Å²) >= 11 is 4.20. The number of hydrazine groups is 1. The van der Waals surface area contributed by atoms with Gasteiger partial charge in [0.1, 0.15) is 4.88 Å². The Labute approximate surface area is 115 Å². The molecule has 0 unspecified atom stereocenters. The summed E-state index contributed by atoms with van der Waals surface area (Å²) < 4.78 is 4.20. The van der Waals surface area contributed by atoms with Crippen LogP contribution in [0.1, 0.15) is 20.0 Å². The zero-order chi connectivity index (χ0) is 13.0. The van der Waals surface area contributed by atoms with Crippen LogP contribution in [0.3, 0.4) is 0 Å². The number of hydrogen-bond donors (Lipinski definition) is 2. The average molecular weight is 327 g/mol. The molecule has 6 nitrogen and oxygen atoms in total. The Hall–Kier alpha value is -1.80. The van der Waals surface area contributed by atoms with Crippen molar-refractivity contribution in [3.8, 4) is 0 Å². The lowest BCUT2D eigenvalue weighted by Crippen LogP contribution is -2.41. The highest BCUT2D eigenvalue weighted by molar-refractivity contribution is 9.10. The fourth-order valence-electron chi connectivity index (χ4n) is 1.16. The van der Waals surface area contributed by atoms with Gasteiger partial charge in [-0.15, -0.1) is 5.10 Å². The van der Waals surface area contributed by atoms with Crippen molar-refractivity contribution in [1.29, 1.82) is 0 Å². The van der Waals surface area contributed by atoms with Gasteiger partial charge in [0.25, 0.3) is 11.8 Å². The van der Waals surface area contributed by atoms with Crippen molar-refractivity contribution < 1.29 is 9.59 Å². The maximum absolute atomic E-state index is 11.8. The van der Waals surface area contributed by atoms with Crippen molar-refractivity contribution in [1.82, 2.24) is 20.4 Å². The molecule has 0 fully saturated rings. The van der Waals surface area contributed by atoms with Crippen molar-refractivity contribution >= 4 is 39.3 Å². The molecule has 0 aliphatic heterocycles. The second-order valence-electron chi connectivity index (χ2n) is 3.17. The molecule has 2 aromatic rings. The third-order valence-corrected chi connectivity index (χ3v) is 3.35. The maximum atomic E-state index is 11.8. The van der Waals surface area contributed by atoms with Gasteiger partial charge in [-0.1, -0.05) is 16.6 Å². The smallest absolute Gasteiger partial charge is 0.267 e. The number of rotatable bonds is 2. The fourth-order valence-corrected chi connectivity index (χ4v) is 2.03. The van der Waals surface area contributed by atoms with Crippen LogP contribution >= 0.6 is 27.5 Å². The predicted molar refractivity (Wildman–Crippen MR) is 69.0 cm³/mol. The Morgan fingerprint density at radius 1 is 1.17 bits per heavy atom. The Morgan fingerprint density at radius 3 is 2.56 bits per heavy atom. The van der Waals surface area contributed by atoms with Gasteiger partial charge in [0.15, 0.2) is 0 Å². The number of carbonyl (C=O) groups excluding carboxylic acids is 2. The first-order chi connectivity index (χ1) is 8.68. The van der Waals surface area contributed by atoms with E-state index in [0.717, 1.165) is 11.5 Å². The largest absolute Gasteiger partial charge is 0.283 e. The van der Waals surface area contributed by atoms with Crippen LogP contribution in [-0.2, 0) is 0 Å². The minimum Gasteiger partial charge on any atom is -0.267 e. The second-order valence-corrected chi connectivity index (χ2v) is 4.81. The third kappa shape index (κ3) is 2.90. The predicted octanol–water partition coefficient (Wildman–Crippen LogP) is 1.38. The molecule has 92 valence electrons. The van der Waals surface area contributed by atoms with E-state index in [-0.39, 0.29) is 0 Å². The van der Waals surface area contributed by atoms with Crippen LogP contribution in [-0.4, -0.2) is 21.4 Å². The van der Waals surface area contributed by atoms with Gasteiger partial charge in [-0.25, -0.2) is 0 Å². The molecule has 2 rings (SSSR count). The number of benzene rings is 1. The summed E-state index contributed by atoms with van der Waals surface area (Å²) in [6.45, 7) is 0. The zero-order valence-electron chi connectivity index (χ0n) is 8.88. The Bertz CT molecular complexity index is 573. The number of nitrogens with zero attached hydrogens (tertiary/aromatic N) is 2. The summed E-state index contributed by atoms with van der Waals surface area (Å²) in [5.74, 6) is -0.862. The molecule has 0 saturated carbocycles. The quantitative estimate of drug-likeness (QED) is 0.816. The number of carbonyl (C=O) groups is 2. The minimum absolute atomic E-state index is 0.322. The molecule has 8 heteroatoms. The number of aromatic nitrogens is 2. The van der Waals surface area contributed by atoms with E-state index < -0.39 is 11.8 Å².